The van der Waals surface area contributed by atoms with E-state index in [-0.39, 0.29) is 6.42 Å². The van der Waals surface area contributed by atoms with Gasteiger partial charge in [-0.2, -0.15) is 0 Å². The molecular formula is C7H6O4. The van der Waals surface area contributed by atoms with Gasteiger partial charge in [-0.3, -0.25) is 19.2 Å². The maximum absolute atomic E-state index is 10.7. The quantitative estimate of drug-likeness (QED) is 0.266. The van der Waals surface area contributed by atoms with Gasteiger partial charge < -0.3 is 0 Å². The first-order valence-corrected chi connectivity index (χ1v) is 3.19. The van der Waals surface area contributed by atoms with Gasteiger partial charge in [-0.05, 0) is 0 Å². The van der Waals surface area contributed by atoms with Crippen molar-refractivity contribution in [2.24, 2.45) is 0 Å². The summed E-state index contributed by atoms with van der Waals surface area (Å²) in [5.74, 6) is -2.38. The Morgan fingerprint density at radius 2 is 1.00 bits per heavy atom. The van der Waals surface area contributed by atoms with Gasteiger partial charge in [0.1, 0.15) is 11.6 Å². The Kier molecular flexibility index (Phi) is 1.94. The summed E-state index contributed by atoms with van der Waals surface area (Å²) in [6.45, 7) is 0. The van der Waals surface area contributed by atoms with E-state index >= 15 is 0 Å². The minimum atomic E-state index is -0.735. The van der Waals surface area contributed by atoms with Gasteiger partial charge in [0.15, 0.2) is 0 Å². The Balaban J connectivity index is 2.82. The first kappa shape index (κ1) is 7.78. The van der Waals surface area contributed by atoms with Gasteiger partial charge >= 0.3 is 0 Å². The molecule has 0 amide bonds. The second-order valence-electron chi connectivity index (χ2n) is 2.45. The molecule has 0 spiro atoms. The lowest BCUT2D eigenvalue weighted by Crippen LogP contribution is -2.13. The van der Waals surface area contributed by atoms with Crippen LogP contribution in [0.2, 0.25) is 0 Å². The molecule has 0 aromatic heterocycles. The molecule has 0 atom stereocenters. The molecule has 1 saturated carbocycles. The highest BCUT2D eigenvalue weighted by Gasteiger charge is 2.26. The van der Waals surface area contributed by atoms with Crippen LogP contribution in [0, 0.1) is 0 Å². The molecule has 0 radical (unpaired) electrons. The van der Waals surface area contributed by atoms with Crippen LogP contribution in [0.25, 0.3) is 0 Å². The molecular weight excluding hydrogens is 148 g/mol. The smallest absolute Gasteiger partial charge is 0.206 e. The molecule has 0 aliphatic heterocycles. The van der Waals surface area contributed by atoms with Crippen LogP contribution in [0.15, 0.2) is 0 Å². The molecule has 1 fully saturated rings. The summed E-state index contributed by atoms with van der Waals surface area (Å²) in [5.41, 5.74) is 0. The van der Waals surface area contributed by atoms with Gasteiger partial charge in [0.25, 0.3) is 0 Å². The fraction of sp³-hybridized carbons (Fsp3) is 0.429. The van der Waals surface area contributed by atoms with E-state index in [1.165, 1.54) is 0 Å². The summed E-state index contributed by atoms with van der Waals surface area (Å²) in [6, 6.07) is 0. The lowest BCUT2D eigenvalue weighted by atomic mass is 10.2. The molecule has 0 aromatic carbocycles. The largest absolute Gasteiger partial charge is 0.299 e. The zero-order chi connectivity index (χ0) is 8.43. The van der Waals surface area contributed by atoms with Crippen LogP contribution in [0.3, 0.4) is 0 Å². The van der Waals surface area contributed by atoms with E-state index in [9.17, 15) is 19.2 Å². The number of hydrogen-bond donors (Lipinski definition) is 0. The second kappa shape index (κ2) is 2.74. The van der Waals surface area contributed by atoms with E-state index in [1.54, 1.807) is 0 Å². The van der Waals surface area contributed by atoms with Crippen LogP contribution in [-0.2, 0) is 19.2 Å². The van der Waals surface area contributed by atoms with Gasteiger partial charge in [0.05, 0.1) is 19.3 Å². The average Bonchev–Trinajstić information content (AvgIpc) is 1.93. The van der Waals surface area contributed by atoms with Crippen molar-refractivity contribution in [2.75, 3.05) is 0 Å². The standard InChI is InChI=1S/C7H6O4/c8-4-1-5(9)3-7(11)6(10)2-4/h1-3H2. The third-order valence-corrected chi connectivity index (χ3v) is 1.42. The molecule has 58 valence electrons. The molecule has 1 aliphatic carbocycles. The summed E-state index contributed by atoms with van der Waals surface area (Å²) in [5, 5.41) is 0. The topological polar surface area (TPSA) is 68.3 Å². The van der Waals surface area contributed by atoms with Gasteiger partial charge in [0, 0.05) is 0 Å². The van der Waals surface area contributed by atoms with Crippen LogP contribution in [0.5, 0.6) is 0 Å². The first-order valence-electron chi connectivity index (χ1n) is 3.19. The fourth-order valence-electron chi connectivity index (χ4n) is 0.900. The molecule has 0 heterocycles. The number of carbonyl (C=O) groups excluding carboxylic acids is 4. The molecule has 0 unspecified atom stereocenters. The monoisotopic (exact) mass is 154 g/mol. The molecule has 0 aromatic rings. The van der Waals surface area contributed by atoms with Crippen LogP contribution < -0.4 is 0 Å². The summed E-state index contributed by atoms with van der Waals surface area (Å²) in [7, 11) is 0. The third-order valence-electron chi connectivity index (χ3n) is 1.42. The van der Waals surface area contributed by atoms with E-state index in [1.807, 2.05) is 0 Å². The Bertz CT molecular complexity index is 225. The zero-order valence-electron chi connectivity index (χ0n) is 5.75. The molecule has 1 rings (SSSR count). The van der Waals surface area contributed by atoms with Crippen molar-refractivity contribution in [1.29, 1.82) is 0 Å². The molecule has 0 saturated heterocycles. The fourth-order valence-corrected chi connectivity index (χ4v) is 0.900. The minimum absolute atomic E-state index is 0.266. The van der Waals surface area contributed by atoms with Crippen molar-refractivity contribution in [3.05, 3.63) is 0 Å². The normalized spacial score (nSPS) is 20.4. The highest BCUT2D eigenvalue weighted by molar-refractivity contribution is 6.45. The van der Waals surface area contributed by atoms with Crippen LogP contribution >= 0.6 is 0 Å². The van der Waals surface area contributed by atoms with Gasteiger partial charge in [-0.25, -0.2) is 0 Å². The third kappa shape index (κ3) is 1.80. The van der Waals surface area contributed by atoms with Crippen molar-refractivity contribution >= 4 is 23.1 Å². The molecule has 4 heteroatoms. The first-order chi connectivity index (χ1) is 5.09. The van der Waals surface area contributed by atoms with Crippen molar-refractivity contribution < 1.29 is 19.2 Å². The van der Waals surface area contributed by atoms with E-state index in [2.05, 4.69) is 0 Å². The van der Waals surface area contributed by atoms with Crippen molar-refractivity contribution in [3.63, 3.8) is 0 Å². The van der Waals surface area contributed by atoms with Crippen LogP contribution in [-0.4, -0.2) is 23.1 Å². The molecule has 4 nitrogen and oxygen atoms in total. The molecule has 1 aliphatic rings. The Morgan fingerprint density at radius 3 is 1.36 bits per heavy atom. The zero-order valence-corrected chi connectivity index (χ0v) is 5.75. The summed E-state index contributed by atoms with van der Waals surface area (Å²) in [6.07, 6.45) is -1.06. The Morgan fingerprint density at radius 1 is 0.636 bits per heavy atom. The van der Waals surface area contributed by atoms with E-state index < -0.39 is 36.0 Å². The Labute approximate surface area is 62.6 Å². The molecule has 0 bridgehead atoms. The van der Waals surface area contributed by atoms with Crippen LogP contribution in [0.1, 0.15) is 19.3 Å². The average molecular weight is 154 g/mol. The van der Waals surface area contributed by atoms with E-state index in [4.69, 9.17) is 0 Å². The lowest BCUT2D eigenvalue weighted by Gasteiger charge is -1.86. The predicted octanol–water partition coefficient (Wildman–Crippen LogP) is -0.553. The highest BCUT2D eigenvalue weighted by Crippen LogP contribution is 2.04. The summed E-state index contributed by atoms with van der Waals surface area (Å²) >= 11 is 0. The lowest BCUT2D eigenvalue weighted by molar-refractivity contribution is -0.138. The number of ketones is 4. The SMILES string of the molecule is O=C1CC(=O)CC(=O)C(=O)C1. The van der Waals surface area contributed by atoms with Gasteiger partial charge in [-0.15, -0.1) is 0 Å². The number of Topliss-reactive ketones (excluding diaryl/α,β-unsaturated/α-hetero) is 4. The number of hydrogen-bond acceptors (Lipinski definition) is 4. The number of carbonyl (C=O) groups is 4. The van der Waals surface area contributed by atoms with Crippen molar-refractivity contribution in [1.82, 2.24) is 0 Å². The van der Waals surface area contributed by atoms with E-state index in [0.717, 1.165) is 0 Å². The number of rotatable bonds is 0. The minimum Gasteiger partial charge on any atom is -0.299 e. The van der Waals surface area contributed by atoms with Gasteiger partial charge in [0.2, 0.25) is 11.6 Å². The van der Waals surface area contributed by atoms with Gasteiger partial charge in [-0.1, -0.05) is 0 Å². The van der Waals surface area contributed by atoms with Crippen molar-refractivity contribution in [3.8, 4) is 0 Å². The predicted molar refractivity (Wildman–Crippen MR) is 33.9 cm³/mol. The summed E-state index contributed by atoms with van der Waals surface area (Å²) in [4.78, 5) is 42.6. The molecule has 0 N–H and O–H groups in total. The Hall–Kier alpha value is -1.32. The summed E-state index contributed by atoms with van der Waals surface area (Å²) < 4.78 is 0. The highest BCUT2D eigenvalue weighted by atomic mass is 16.2. The van der Waals surface area contributed by atoms with Crippen LogP contribution in [0.4, 0.5) is 0 Å². The maximum Gasteiger partial charge on any atom is 0.206 e. The van der Waals surface area contributed by atoms with Crippen molar-refractivity contribution in [2.45, 2.75) is 19.3 Å². The molecule has 11 heavy (non-hydrogen) atoms. The second-order valence-corrected chi connectivity index (χ2v) is 2.45. The maximum atomic E-state index is 10.7. The van der Waals surface area contributed by atoms with E-state index in [0.29, 0.717) is 0 Å².